The van der Waals surface area contributed by atoms with Crippen molar-refractivity contribution in [1.29, 1.82) is 0 Å². The van der Waals surface area contributed by atoms with Crippen molar-refractivity contribution < 1.29 is 0 Å². The van der Waals surface area contributed by atoms with E-state index in [2.05, 4.69) is 27.2 Å². The molecule has 27 heavy (non-hydrogen) atoms. The zero-order chi connectivity index (χ0) is 20.1. The summed E-state index contributed by atoms with van der Waals surface area (Å²) < 4.78 is 0. The lowest BCUT2D eigenvalue weighted by Crippen LogP contribution is -2.01. The van der Waals surface area contributed by atoms with Crippen molar-refractivity contribution in [2.75, 3.05) is 25.7 Å². The van der Waals surface area contributed by atoms with Crippen molar-refractivity contribution in [1.82, 2.24) is 0 Å². The Hall–Kier alpha value is 0.430. The van der Waals surface area contributed by atoms with Crippen LogP contribution in [-0.2, 0) is 0 Å². The molecule has 0 N–H and O–H groups in total. The third kappa shape index (κ3) is 22.6. The summed E-state index contributed by atoms with van der Waals surface area (Å²) in [7, 11) is -0.583. The molecule has 0 aromatic rings. The third-order valence-electron chi connectivity index (χ3n) is 6.23. The molecule has 0 saturated heterocycles. The van der Waals surface area contributed by atoms with E-state index in [0.29, 0.717) is 0 Å². The van der Waals surface area contributed by atoms with Crippen molar-refractivity contribution in [3.8, 4) is 0 Å². The Balaban J connectivity index is 3.26. The quantitative estimate of drug-likeness (QED) is 0.125. The number of hydrogen-bond acceptors (Lipinski definition) is 0. The molecule has 0 rings (SSSR count). The Morgan fingerprint density at radius 1 is 0.333 bits per heavy atom. The topological polar surface area (TPSA) is 0 Å². The second kappa shape index (κ2) is 21.1. The van der Waals surface area contributed by atoms with E-state index >= 15 is 0 Å². The van der Waals surface area contributed by atoms with Crippen molar-refractivity contribution in [3.63, 3.8) is 0 Å². The van der Waals surface area contributed by atoms with Crippen LogP contribution in [0.3, 0.4) is 0 Å². The third-order valence-corrected chi connectivity index (χ3v) is 9.29. The zero-order valence-electron chi connectivity index (χ0n) is 20.0. The Morgan fingerprint density at radius 3 is 0.815 bits per heavy atom. The van der Waals surface area contributed by atoms with Crippen LogP contribution in [0.1, 0.15) is 142 Å². The standard InChI is InChI=1S/C26H56P/c1-5-7-9-11-13-14-15-16-17-18-19-20-22-24-26-27(3,4)25-23-21-12-10-8-6-2/h5-26H2,1-4H3/q+1. The van der Waals surface area contributed by atoms with E-state index in [1.807, 2.05) is 0 Å². The molecular weight excluding hydrogens is 343 g/mol. The highest BCUT2D eigenvalue weighted by molar-refractivity contribution is 7.74. The average molecular weight is 400 g/mol. The van der Waals surface area contributed by atoms with Gasteiger partial charge in [0.25, 0.3) is 0 Å². The minimum atomic E-state index is -0.583. The summed E-state index contributed by atoms with van der Waals surface area (Å²) in [5.41, 5.74) is 0. The SMILES string of the molecule is CCCCCCCCCCCCCCCC[P+](C)(C)CCCCCCCC. The first-order chi connectivity index (χ1) is 13.1. The van der Waals surface area contributed by atoms with Gasteiger partial charge < -0.3 is 0 Å². The molecule has 164 valence electrons. The summed E-state index contributed by atoms with van der Waals surface area (Å²) in [6, 6.07) is 0. The van der Waals surface area contributed by atoms with Crippen molar-refractivity contribution in [2.24, 2.45) is 0 Å². The molecule has 0 aliphatic carbocycles. The highest BCUT2D eigenvalue weighted by atomic mass is 31.2. The zero-order valence-corrected chi connectivity index (χ0v) is 20.9. The molecule has 0 spiro atoms. The second-order valence-corrected chi connectivity index (χ2v) is 14.5. The lowest BCUT2D eigenvalue weighted by atomic mass is 10.0. The van der Waals surface area contributed by atoms with Gasteiger partial charge in [-0.1, -0.05) is 117 Å². The van der Waals surface area contributed by atoms with E-state index in [1.165, 1.54) is 128 Å². The van der Waals surface area contributed by atoms with E-state index in [-0.39, 0.29) is 0 Å². The Bertz CT molecular complexity index is 271. The largest absolute Gasteiger partial charge is 0.0654 e. The van der Waals surface area contributed by atoms with E-state index in [1.54, 1.807) is 12.3 Å². The molecule has 0 saturated carbocycles. The van der Waals surface area contributed by atoms with Crippen molar-refractivity contribution >= 4 is 7.26 Å². The number of rotatable bonds is 22. The van der Waals surface area contributed by atoms with Gasteiger partial charge in [-0.25, -0.2) is 0 Å². The summed E-state index contributed by atoms with van der Waals surface area (Å²) in [4.78, 5) is 0. The van der Waals surface area contributed by atoms with Gasteiger partial charge in [-0.2, -0.15) is 0 Å². The van der Waals surface area contributed by atoms with Crippen LogP contribution in [-0.4, -0.2) is 25.7 Å². The van der Waals surface area contributed by atoms with Crippen LogP contribution in [0, 0.1) is 0 Å². The summed E-state index contributed by atoms with van der Waals surface area (Å²) in [6.45, 7) is 9.84. The maximum atomic E-state index is 2.61. The summed E-state index contributed by atoms with van der Waals surface area (Å²) in [6.07, 6.45) is 32.5. The van der Waals surface area contributed by atoms with Gasteiger partial charge in [0.05, 0.1) is 12.3 Å². The molecule has 0 radical (unpaired) electrons. The molecule has 0 nitrogen and oxygen atoms in total. The minimum absolute atomic E-state index is 0.583. The normalized spacial score (nSPS) is 12.0. The number of hydrogen-bond donors (Lipinski definition) is 0. The highest BCUT2D eigenvalue weighted by Gasteiger charge is 2.23. The monoisotopic (exact) mass is 399 g/mol. The van der Waals surface area contributed by atoms with Crippen LogP contribution in [0.4, 0.5) is 0 Å². The molecule has 0 fully saturated rings. The maximum Gasteiger partial charge on any atom is 0.0589 e. The first-order valence-electron chi connectivity index (χ1n) is 12.9. The maximum absolute atomic E-state index is 2.61. The van der Waals surface area contributed by atoms with Gasteiger partial charge in [0.2, 0.25) is 0 Å². The van der Waals surface area contributed by atoms with E-state index in [4.69, 9.17) is 0 Å². The van der Waals surface area contributed by atoms with E-state index < -0.39 is 7.26 Å². The van der Waals surface area contributed by atoms with Gasteiger partial charge in [0.15, 0.2) is 0 Å². The molecule has 0 aliphatic heterocycles. The molecule has 0 aromatic heterocycles. The Kier molecular flexibility index (Phi) is 21.5. The molecule has 0 unspecified atom stereocenters. The Labute approximate surface area is 175 Å². The average Bonchev–Trinajstić information content (AvgIpc) is 2.65. The van der Waals surface area contributed by atoms with Crippen LogP contribution in [0.5, 0.6) is 0 Å². The van der Waals surface area contributed by atoms with Gasteiger partial charge in [-0.05, 0) is 25.7 Å². The summed E-state index contributed by atoms with van der Waals surface area (Å²) in [5.74, 6) is 0. The fourth-order valence-corrected chi connectivity index (χ4v) is 6.55. The molecule has 0 heterocycles. The predicted octanol–water partition coefficient (Wildman–Crippen LogP) is 10.1. The first-order valence-corrected chi connectivity index (χ1v) is 16.0. The van der Waals surface area contributed by atoms with Gasteiger partial charge in [0, 0.05) is 20.6 Å². The predicted molar refractivity (Wildman–Crippen MR) is 132 cm³/mol. The molecule has 1 heteroatoms. The van der Waals surface area contributed by atoms with Crippen LogP contribution in [0.15, 0.2) is 0 Å². The minimum Gasteiger partial charge on any atom is -0.0654 e. The second-order valence-electron chi connectivity index (χ2n) is 9.75. The molecule has 0 bridgehead atoms. The lowest BCUT2D eigenvalue weighted by molar-refractivity contribution is 0.538. The molecule has 0 aliphatic rings. The van der Waals surface area contributed by atoms with Crippen LogP contribution in [0.2, 0.25) is 0 Å². The highest BCUT2D eigenvalue weighted by Crippen LogP contribution is 2.52. The molecular formula is C26H56P+. The summed E-state index contributed by atoms with van der Waals surface area (Å²) >= 11 is 0. The molecule has 0 atom stereocenters. The van der Waals surface area contributed by atoms with Gasteiger partial charge >= 0.3 is 0 Å². The number of unbranched alkanes of at least 4 members (excludes halogenated alkanes) is 18. The van der Waals surface area contributed by atoms with Crippen LogP contribution < -0.4 is 0 Å². The van der Waals surface area contributed by atoms with Gasteiger partial charge in [-0.15, -0.1) is 0 Å². The molecule has 0 amide bonds. The van der Waals surface area contributed by atoms with Gasteiger partial charge in [0.1, 0.15) is 0 Å². The van der Waals surface area contributed by atoms with Crippen LogP contribution in [0.25, 0.3) is 0 Å². The van der Waals surface area contributed by atoms with Gasteiger partial charge in [-0.3, -0.25) is 0 Å². The fourth-order valence-electron chi connectivity index (χ4n) is 4.17. The van der Waals surface area contributed by atoms with Crippen molar-refractivity contribution in [3.05, 3.63) is 0 Å². The van der Waals surface area contributed by atoms with Crippen molar-refractivity contribution in [2.45, 2.75) is 142 Å². The summed E-state index contributed by atoms with van der Waals surface area (Å²) in [5, 5.41) is 0. The van der Waals surface area contributed by atoms with E-state index in [0.717, 1.165) is 0 Å². The van der Waals surface area contributed by atoms with E-state index in [9.17, 15) is 0 Å². The smallest absolute Gasteiger partial charge is 0.0589 e. The fraction of sp³-hybridized carbons (Fsp3) is 1.00. The first kappa shape index (κ1) is 27.4. The molecule has 0 aromatic carbocycles. The lowest BCUT2D eigenvalue weighted by Gasteiger charge is -2.18. The Morgan fingerprint density at radius 2 is 0.556 bits per heavy atom. The van der Waals surface area contributed by atoms with Crippen LogP contribution >= 0.6 is 7.26 Å².